The number of rotatable bonds is 6. The number of amides is 2. The third kappa shape index (κ3) is 5.06. The molecule has 6 heteroatoms. The van der Waals surface area contributed by atoms with Gasteiger partial charge in [-0.15, -0.1) is 0 Å². The second kappa shape index (κ2) is 8.67. The smallest absolute Gasteiger partial charge is 0.319 e. The number of aromatic nitrogens is 1. The standard InChI is InChI=1S/C19H25N3O3/c23-17-6-2-1-4-14(17)5-3-11-21-19(24)22-16-9-7-15(8-10-16)18-20-12-13-25-18/h7-10,12-14,17,23H,1-6,11H2,(H2,21,22,24). The van der Waals surface area contributed by atoms with Gasteiger partial charge in [0.2, 0.25) is 5.89 Å². The van der Waals surface area contributed by atoms with E-state index in [9.17, 15) is 9.90 Å². The van der Waals surface area contributed by atoms with E-state index in [-0.39, 0.29) is 12.1 Å². The van der Waals surface area contributed by atoms with Crippen molar-refractivity contribution < 1.29 is 14.3 Å². The van der Waals surface area contributed by atoms with E-state index >= 15 is 0 Å². The predicted molar refractivity (Wildman–Crippen MR) is 96.2 cm³/mol. The zero-order chi connectivity index (χ0) is 17.5. The van der Waals surface area contributed by atoms with E-state index in [1.165, 1.54) is 12.7 Å². The predicted octanol–water partition coefficient (Wildman–Crippen LogP) is 3.79. The molecule has 3 N–H and O–H groups in total. The first-order valence-electron chi connectivity index (χ1n) is 8.95. The van der Waals surface area contributed by atoms with Gasteiger partial charge in [0.1, 0.15) is 6.26 Å². The number of nitrogens with one attached hydrogen (secondary N) is 2. The summed E-state index contributed by atoms with van der Waals surface area (Å²) in [6, 6.07) is 7.13. The molecule has 1 saturated carbocycles. The van der Waals surface area contributed by atoms with Crippen LogP contribution in [-0.2, 0) is 0 Å². The van der Waals surface area contributed by atoms with Gasteiger partial charge in [0, 0.05) is 17.8 Å². The molecule has 1 aliphatic carbocycles. The first-order chi connectivity index (χ1) is 12.2. The lowest BCUT2D eigenvalue weighted by Crippen LogP contribution is -2.31. The first kappa shape index (κ1) is 17.5. The van der Waals surface area contributed by atoms with Crippen LogP contribution in [0.15, 0.2) is 41.1 Å². The molecule has 1 aromatic heterocycles. The Labute approximate surface area is 147 Å². The molecule has 1 aliphatic rings. The van der Waals surface area contributed by atoms with E-state index < -0.39 is 0 Å². The molecule has 1 aromatic carbocycles. The van der Waals surface area contributed by atoms with Crippen LogP contribution in [0.1, 0.15) is 38.5 Å². The van der Waals surface area contributed by atoms with Gasteiger partial charge >= 0.3 is 6.03 Å². The Morgan fingerprint density at radius 3 is 2.76 bits per heavy atom. The molecule has 2 atom stereocenters. The first-order valence-corrected chi connectivity index (χ1v) is 8.95. The van der Waals surface area contributed by atoms with Gasteiger partial charge in [-0.3, -0.25) is 0 Å². The van der Waals surface area contributed by atoms with E-state index in [0.29, 0.717) is 18.4 Å². The third-order valence-corrected chi connectivity index (χ3v) is 4.73. The molecule has 2 unspecified atom stereocenters. The summed E-state index contributed by atoms with van der Waals surface area (Å²) in [5.41, 5.74) is 1.58. The molecule has 1 fully saturated rings. The molecular weight excluding hydrogens is 318 g/mol. The lowest BCUT2D eigenvalue weighted by atomic mass is 9.83. The third-order valence-electron chi connectivity index (χ3n) is 4.73. The summed E-state index contributed by atoms with van der Waals surface area (Å²) in [6.07, 6.45) is 9.18. The Kier molecular flexibility index (Phi) is 6.06. The number of aliphatic hydroxyl groups excluding tert-OH is 1. The van der Waals surface area contributed by atoms with Gasteiger partial charge in [0.25, 0.3) is 0 Å². The Hall–Kier alpha value is -2.34. The number of hydrogen-bond acceptors (Lipinski definition) is 4. The molecule has 0 saturated heterocycles. The highest BCUT2D eigenvalue weighted by atomic mass is 16.3. The quantitative estimate of drug-likeness (QED) is 0.696. The van der Waals surface area contributed by atoms with Crippen LogP contribution in [0.25, 0.3) is 11.5 Å². The van der Waals surface area contributed by atoms with Gasteiger partial charge in [-0.25, -0.2) is 9.78 Å². The molecule has 134 valence electrons. The Morgan fingerprint density at radius 1 is 1.24 bits per heavy atom. The van der Waals surface area contributed by atoms with Gasteiger partial charge in [-0.05, 0) is 55.9 Å². The Balaban J connectivity index is 1.37. The average molecular weight is 343 g/mol. The van der Waals surface area contributed by atoms with Gasteiger partial charge < -0.3 is 20.2 Å². The van der Waals surface area contributed by atoms with Crippen molar-refractivity contribution in [3.8, 4) is 11.5 Å². The van der Waals surface area contributed by atoms with Crippen LogP contribution in [0.5, 0.6) is 0 Å². The second-order valence-electron chi connectivity index (χ2n) is 6.55. The van der Waals surface area contributed by atoms with Crippen LogP contribution in [0.4, 0.5) is 10.5 Å². The topological polar surface area (TPSA) is 87.4 Å². The largest absolute Gasteiger partial charge is 0.445 e. The highest BCUT2D eigenvalue weighted by Gasteiger charge is 2.22. The van der Waals surface area contributed by atoms with Crippen molar-refractivity contribution in [1.29, 1.82) is 0 Å². The highest BCUT2D eigenvalue weighted by molar-refractivity contribution is 5.89. The Morgan fingerprint density at radius 2 is 2.04 bits per heavy atom. The fraction of sp³-hybridized carbons (Fsp3) is 0.474. The second-order valence-corrected chi connectivity index (χ2v) is 6.55. The monoisotopic (exact) mass is 343 g/mol. The van der Waals surface area contributed by atoms with E-state index in [1.807, 2.05) is 24.3 Å². The number of carbonyl (C=O) groups excluding carboxylic acids is 1. The maximum absolute atomic E-state index is 11.9. The fourth-order valence-electron chi connectivity index (χ4n) is 3.33. The summed E-state index contributed by atoms with van der Waals surface area (Å²) in [5.74, 6) is 0.947. The maximum atomic E-state index is 11.9. The van der Waals surface area contributed by atoms with Crippen LogP contribution < -0.4 is 10.6 Å². The number of carbonyl (C=O) groups is 1. The van der Waals surface area contributed by atoms with E-state index in [2.05, 4.69) is 15.6 Å². The summed E-state index contributed by atoms with van der Waals surface area (Å²) in [6.45, 7) is 0.615. The van der Waals surface area contributed by atoms with Crippen molar-refractivity contribution in [2.24, 2.45) is 5.92 Å². The van der Waals surface area contributed by atoms with Crippen LogP contribution in [0.2, 0.25) is 0 Å². The molecular formula is C19H25N3O3. The van der Waals surface area contributed by atoms with E-state index in [4.69, 9.17) is 4.42 Å². The van der Waals surface area contributed by atoms with Crippen LogP contribution >= 0.6 is 0 Å². The molecule has 2 aromatic rings. The SMILES string of the molecule is O=C(NCCCC1CCCCC1O)Nc1ccc(-c2ncco2)cc1. The van der Waals surface area contributed by atoms with Crippen molar-refractivity contribution in [3.63, 3.8) is 0 Å². The van der Waals surface area contributed by atoms with E-state index in [0.717, 1.165) is 43.4 Å². The van der Waals surface area contributed by atoms with Crippen molar-refractivity contribution >= 4 is 11.7 Å². The number of hydrogen-bond donors (Lipinski definition) is 3. The van der Waals surface area contributed by atoms with Crippen molar-refractivity contribution in [2.75, 3.05) is 11.9 Å². The normalized spacial score (nSPS) is 20.2. The lowest BCUT2D eigenvalue weighted by molar-refractivity contribution is 0.0644. The molecule has 3 rings (SSSR count). The summed E-state index contributed by atoms with van der Waals surface area (Å²) in [7, 11) is 0. The molecule has 0 spiro atoms. The zero-order valence-electron chi connectivity index (χ0n) is 14.3. The van der Waals surface area contributed by atoms with Gasteiger partial charge in [0.05, 0.1) is 12.3 Å². The van der Waals surface area contributed by atoms with Crippen molar-refractivity contribution in [3.05, 3.63) is 36.7 Å². The molecule has 0 aliphatic heterocycles. The minimum absolute atomic E-state index is 0.162. The van der Waals surface area contributed by atoms with Crippen LogP contribution in [0.3, 0.4) is 0 Å². The number of nitrogens with zero attached hydrogens (tertiary/aromatic N) is 1. The number of anilines is 1. The van der Waals surface area contributed by atoms with Gasteiger partial charge in [-0.2, -0.15) is 0 Å². The van der Waals surface area contributed by atoms with Crippen molar-refractivity contribution in [2.45, 2.75) is 44.6 Å². The maximum Gasteiger partial charge on any atom is 0.319 e. The molecule has 2 amide bonds. The number of oxazole rings is 1. The van der Waals surface area contributed by atoms with Crippen LogP contribution in [-0.4, -0.2) is 28.8 Å². The lowest BCUT2D eigenvalue weighted by Gasteiger charge is -2.27. The number of aliphatic hydroxyl groups is 1. The Bertz CT molecular complexity index is 655. The summed E-state index contributed by atoms with van der Waals surface area (Å²) >= 11 is 0. The minimum atomic E-state index is -0.215. The van der Waals surface area contributed by atoms with Gasteiger partial charge in [0.15, 0.2) is 0 Å². The molecule has 1 heterocycles. The average Bonchev–Trinajstić information content (AvgIpc) is 3.15. The summed E-state index contributed by atoms with van der Waals surface area (Å²) in [5, 5.41) is 15.6. The summed E-state index contributed by atoms with van der Waals surface area (Å²) < 4.78 is 5.23. The van der Waals surface area contributed by atoms with Crippen LogP contribution in [0, 0.1) is 5.92 Å². The molecule has 0 bridgehead atoms. The van der Waals surface area contributed by atoms with Crippen molar-refractivity contribution in [1.82, 2.24) is 10.3 Å². The fourth-order valence-corrected chi connectivity index (χ4v) is 3.33. The van der Waals surface area contributed by atoms with Gasteiger partial charge in [-0.1, -0.05) is 12.8 Å². The number of urea groups is 1. The molecule has 25 heavy (non-hydrogen) atoms. The number of benzene rings is 1. The zero-order valence-corrected chi connectivity index (χ0v) is 14.3. The summed E-state index contributed by atoms with van der Waals surface area (Å²) in [4.78, 5) is 16.0. The molecule has 6 nitrogen and oxygen atoms in total. The molecule has 0 radical (unpaired) electrons. The van der Waals surface area contributed by atoms with E-state index in [1.54, 1.807) is 6.20 Å². The highest BCUT2D eigenvalue weighted by Crippen LogP contribution is 2.27. The minimum Gasteiger partial charge on any atom is -0.445 e.